The average Bonchev–Trinajstić information content (AvgIpc) is 2.61. The lowest BCUT2D eigenvalue weighted by atomic mass is 9.90. The van der Waals surface area contributed by atoms with E-state index >= 15 is 0 Å². The summed E-state index contributed by atoms with van der Waals surface area (Å²) < 4.78 is 16.6. The summed E-state index contributed by atoms with van der Waals surface area (Å²) >= 11 is 0. The van der Waals surface area contributed by atoms with Crippen LogP contribution in [0, 0.1) is 6.92 Å². The molecule has 2 aromatic rings. The van der Waals surface area contributed by atoms with Crippen LogP contribution in [0.3, 0.4) is 0 Å². The van der Waals surface area contributed by atoms with E-state index < -0.39 is 0 Å². The first-order valence-corrected chi connectivity index (χ1v) is 8.27. The summed E-state index contributed by atoms with van der Waals surface area (Å²) in [7, 11) is 3.33. The zero-order chi connectivity index (χ0) is 17.5. The predicted octanol–water partition coefficient (Wildman–Crippen LogP) is 3.70. The lowest BCUT2D eigenvalue weighted by molar-refractivity contribution is 0.333. The normalized spacial score (nSPS) is 11.9. The Balaban J connectivity index is 2.35. The smallest absolute Gasteiger partial charge is 0.125 e. The van der Waals surface area contributed by atoms with Crippen molar-refractivity contribution in [2.24, 2.45) is 5.73 Å². The minimum Gasteiger partial charge on any atom is -0.497 e. The van der Waals surface area contributed by atoms with Gasteiger partial charge in [0.15, 0.2) is 0 Å². The van der Waals surface area contributed by atoms with Crippen LogP contribution in [0.5, 0.6) is 17.2 Å². The van der Waals surface area contributed by atoms with E-state index in [0.717, 1.165) is 34.8 Å². The molecule has 1 atom stereocenters. The molecule has 4 nitrogen and oxygen atoms in total. The highest BCUT2D eigenvalue weighted by molar-refractivity contribution is 5.44. The van der Waals surface area contributed by atoms with Gasteiger partial charge >= 0.3 is 0 Å². The number of hydrogen-bond donors (Lipinski definition) is 1. The topological polar surface area (TPSA) is 53.7 Å². The Morgan fingerprint density at radius 2 is 1.79 bits per heavy atom. The Bertz CT molecular complexity index is 670. The van der Waals surface area contributed by atoms with Crippen molar-refractivity contribution in [1.29, 1.82) is 0 Å². The van der Waals surface area contributed by atoms with Gasteiger partial charge in [0.05, 0.1) is 20.8 Å². The van der Waals surface area contributed by atoms with Crippen molar-refractivity contribution >= 4 is 0 Å². The van der Waals surface area contributed by atoms with Gasteiger partial charge in [-0.15, -0.1) is 0 Å². The highest BCUT2D eigenvalue weighted by Gasteiger charge is 2.18. The summed E-state index contributed by atoms with van der Waals surface area (Å²) in [5.41, 5.74) is 9.56. The van der Waals surface area contributed by atoms with Crippen molar-refractivity contribution in [3.63, 3.8) is 0 Å². The van der Waals surface area contributed by atoms with Crippen LogP contribution in [0.4, 0.5) is 0 Å². The lowest BCUT2D eigenvalue weighted by Crippen LogP contribution is -2.17. The monoisotopic (exact) mass is 329 g/mol. The summed E-state index contributed by atoms with van der Waals surface area (Å²) in [5, 5.41) is 0. The van der Waals surface area contributed by atoms with E-state index in [0.29, 0.717) is 13.2 Å². The van der Waals surface area contributed by atoms with Gasteiger partial charge in [0, 0.05) is 12.0 Å². The second-order valence-corrected chi connectivity index (χ2v) is 5.79. The van der Waals surface area contributed by atoms with Crippen LogP contribution in [-0.4, -0.2) is 27.4 Å². The van der Waals surface area contributed by atoms with Crippen molar-refractivity contribution < 1.29 is 14.2 Å². The van der Waals surface area contributed by atoms with Gasteiger partial charge in [0.1, 0.15) is 17.2 Å². The first-order chi connectivity index (χ1) is 11.6. The Kier molecular flexibility index (Phi) is 6.50. The Morgan fingerprint density at radius 3 is 2.42 bits per heavy atom. The van der Waals surface area contributed by atoms with Gasteiger partial charge in [-0.05, 0) is 50.1 Å². The highest BCUT2D eigenvalue weighted by atomic mass is 16.5. The molecule has 0 radical (unpaired) electrons. The molecule has 0 fully saturated rings. The van der Waals surface area contributed by atoms with Crippen molar-refractivity contribution in [1.82, 2.24) is 0 Å². The van der Waals surface area contributed by atoms with E-state index in [-0.39, 0.29) is 5.92 Å². The van der Waals surface area contributed by atoms with Crippen LogP contribution in [0.1, 0.15) is 29.5 Å². The molecule has 2 rings (SSSR count). The van der Waals surface area contributed by atoms with Crippen LogP contribution >= 0.6 is 0 Å². The summed E-state index contributed by atoms with van der Waals surface area (Å²) in [6.07, 6.45) is 0.785. The molecule has 0 heterocycles. The number of rotatable bonds is 8. The molecule has 0 aromatic heterocycles. The Morgan fingerprint density at radius 1 is 1.00 bits per heavy atom. The number of ether oxygens (including phenoxy) is 3. The molecule has 0 aliphatic rings. The van der Waals surface area contributed by atoms with E-state index in [9.17, 15) is 0 Å². The number of methoxy groups -OCH3 is 2. The molecule has 0 saturated carbocycles. The van der Waals surface area contributed by atoms with Gasteiger partial charge in [-0.3, -0.25) is 0 Å². The minimum atomic E-state index is 0.161. The van der Waals surface area contributed by atoms with Crippen LogP contribution < -0.4 is 19.9 Å². The fourth-order valence-corrected chi connectivity index (χ4v) is 2.88. The molecule has 130 valence electrons. The largest absolute Gasteiger partial charge is 0.497 e. The standard InChI is InChI=1S/C20H27NO3/c1-5-24-19-9-6-14(2)10-18(19)16(13-21)11-15-7-8-17(22-3)12-20(15)23-4/h6-10,12,16H,5,11,13,21H2,1-4H3. The lowest BCUT2D eigenvalue weighted by Gasteiger charge is -2.21. The zero-order valence-corrected chi connectivity index (χ0v) is 15.0. The van der Waals surface area contributed by atoms with E-state index in [4.69, 9.17) is 19.9 Å². The molecular weight excluding hydrogens is 302 g/mol. The third kappa shape index (κ3) is 4.20. The van der Waals surface area contributed by atoms with Crippen LogP contribution in [0.25, 0.3) is 0 Å². The van der Waals surface area contributed by atoms with E-state index in [2.05, 4.69) is 19.1 Å². The third-order valence-electron chi connectivity index (χ3n) is 4.15. The highest BCUT2D eigenvalue weighted by Crippen LogP contribution is 2.33. The number of aryl methyl sites for hydroxylation is 1. The fraction of sp³-hybridized carbons (Fsp3) is 0.400. The molecule has 0 aliphatic heterocycles. The van der Waals surface area contributed by atoms with Crippen molar-refractivity contribution in [3.8, 4) is 17.2 Å². The number of benzene rings is 2. The fourth-order valence-electron chi connectivity index (χ4n) is 2.88. The van der Waals surface area contributed by atoms with Gasteiger partial charge in [0.2, 0.25) is 0 Å². The number of hydrogen-bond acceptors (Lipinski definition) is 4. The maximum atomic E-state index is 6.09. The molecular formula is C20H27NO3. The van der Waals surface area contributed by atoms with E-state index in [1.807, 2.05) is 31.2 Å². The van der Waals surface area contributed by atoms with Gasteiger partial charge in [0.25, 0.3) is 0 Å². The SMILES string of the molecule is CCOc1ccc(C)cc1C(CN)Cc1ccc(OC)cc1OC. The van der Waals surface area contributed by atoms with Gasteiger partial charge in [-0.1, -0.05) is 23.8 Å². The van der Waals surface area contributed by atoms with Gasteiger partial charge in [-0.2, -0.15) is 0 Å². The quantitative estimate of drug-likeness (QED) is 0.802. The predicted molar refractivity (Wildman–Crippen MR) is 97.4 cm³/mol. The van der Waals surface area contributed by atoms with Gasteiger partial charge in [-0.25, -0.2) is 0 Å². The molecule has 0 amide bonds. The second kappa shape index (κ2) is 8.60. The molecule has 24 heavy (non-hydrogen) atoms. The summed E-state index contributed by atoms with van der Waals surface area (Å²) in [5.74, 6) is 2.67. The van der Waals surface area contributed by atoms with Crippen LogP contribution in [-0.2, 0) is 6.42 Å². The van der Waals surface area contributed by atoms with Crippen molar-refractivity contribution in [2.75, 3.05) is 27.4 Å². The summed E-state index contributed by atoms with van der Waals surface area (Å²) in [4.78, 5) is 0. The molecule has 4 heteroatoms. The number of nitrogens with two attached hydrogens (primary N) is 1. The zero-order valence-electron chi connectivity index (χ0n) is 15.0. The molecule has 0 saturated heterocycles. The van der Waals surface area contributed by atoms with Crippen molar-refractivity contribution in [2.45, 2.75) is 26.2 Å². The minimum absolute atomic E-state index is 0.161. The summed E-state index contributed by atoms with van der Waals surface area (Å²) in [6.45, 7) is 5.26. The Hall–Kier alpha value is -2.20. The van der Waals surface area contributed by atoms with Crippen molar-refractivity contribution in [3.05, 3.63) is 53.1 Å². The molecule has 0 aliphatic carbocycles. The average molecular weight is 329 g/mol. The third-order valence-corrected chi connectivity index (χ3v) is 4.15. The first kappa shape index (κ1) is 18.1. The van der Waals surface area contributed by atoms with E-state index in [1.54, 1.807) is 14.2 Å². The molecule has 2 aromatic carbocycles. The van der Waals surface area contributed by atoms with E-state index in [1.165, 1.54) is 5.56 Å². The van der Waals surface area contributed by atoms with Crippen LogP contribution in [0.15, 0.2) is 36.4 Å². The summed E-state index contributed by atoms with van der Waals surface area (Å²) in [6, 6.07) is 12.2. The maximum Gasteiger partial charge on any atom is 0.125 e. The molecule has 0 bridgehead atoms. The first-order valence-electron chi connectivity index (χ1n) is 8.27. The maximum absolute atomic E-state index is 6.09. The second-order valence-electron chi connectivity index (χ2n) is 5.79. The molecule has 1 unspecified atom stereocenters. The Labute approximate surface area is 144 Å². The van der Waals surface area contributed by atoms with Crippen LogP contribution in [0.2, 0.25) is 0 Å². The van der Waals surface area contributed by atoms with Gasteiger partial charge < -0.3 is 19.9 Å². The molecule has 2 N–H and O–H groups in total. The molecule has 0 spiro atoms.